The van der Waals surface area contributed by atoms with Crippen LogP contribution >= 0.6 is 43.2 Å². The highest BCUT2D eigenvalue weighted by Gasteiger charge is 2.15. The summed E-state index contributed by atoms with van der Waals surface area (Å²) in [5.41, 5.74) is 0. The molecule has 0 bridgehead atoms. The van der Waals surface area contributed by atoms with E-state index in [1.807, 2.05) is 36.4 Å². The molecule has 6 N–H and O–H groups in total. The molecular formula is C42H68N8O7S4. The maximum Gasteiger partial charge on any atom is 0.248 e. The Morgan fingerprint density at radius 1 is 0.541 bits per heavy atom. The Morgan fingerprint density at radius 3 is 1.59 bits per heavy atom. The van der Waals surface area contributed by atoms with Gasteiger partial charge in [-0.05, 0) is 90.9 Å². The van der Waals surface area contributed by atoms with Gasteiger partial charge in [0.25, 0.3) is 0 Å². The van der Waals surface area contributed by atoms with Gasteiger partial charge in [0.15, 0.2) is 0 Å². The summed E-state index contributed by atoms with van der Waals surface area (Å²) in [6.45, 7) is 3.89. The average Bonchev–Trinajstić information content (AvgIpc) is 3.27. The van der Waals surface area contributed by atoms with Gasteiger partial charge in [-0.2, -0.15) is 0 Å². The topological polar surface area (TPSA) is 204 Å². The van der Waals surface area contributed by atoms with Crippen LogP contribution in [0, 0.1) is 0 Å². The van der Waals surface area contributed by atoms with E-state index in [0.29, 0.717) is 77.2 Å². The number of hydrogen-bond acceptors (Lipinski definition) is 14. The predicted molar refractivity (Wildman–Crippen MR) is 249 cm³/mol. The summed E-state index contributed by atoms with van der Waals surface area (Å²) in [6.07, 6.45) is 14.4. The summed E-state index contributed by atoms with van der Waals surface area (Å²) in [5.74, 6) is 0.887. The zero-order valence-electron chi connectivity index (χ0n) is 35.6. The first kappa shape index (κ1) is 54.1. The Balaban J connectivity index is 1.57. The number of carbonyl (C=O) groups excluding carboxylic acids is 5. The van der Waals surface area contributed by atoms with E-state index in [1.165, 1.54) is 0 Å². The third kappa shape index (κ3) is 32.3. The number of amides is 5. The molecule has 342 valence electrons. The zero-order valence-corrected chi connectivity index (χ0v) is 38.8. The number of rotatable bonds is 39. The van der Waals surface area contributed by atoms with Crippen molar-refractivity contribution in [3.05, 3.63) is 48.8 Å². The van der Waals surface area contributed by atoms with Crippen molar-refractivity contribution in [3.8, 4) is 0 Å². The normalized spacial score (nSPS) is 10.9. The van der Waals surface area contributed by atoms with Crippen molar-refractivity contribution in [2.45, 2.75) is 99.9 Å². The molecule has 15 nitrogen and oxygen atoms in total. The predicted octanol–water partition coefficient (Wildman–Crippen LogP) is 5.01. The van der Waals surface area contributed by atoms with Gasteiger partial charge in [0.05, 0.1) is 0 Å². The molecule has 61 heavy (non-hydrogen) atoms. The molecule has 2 aromatic heterocycles. The van der Waals surface area contributed by atoms with Crippen LogP contribution in [0.3, 0.4) is 0 Å². The van der Waals surface area contributed by atoms with Gasteiger partial charge in [0.1, 0.15) is 23.3 Å². The Labute approximate surface area is 378 Å². The van der Waals surface area contributed by atoms with Crippen LogP contribution in [0.2, 0.25) is 0 Å². The molecule has 19 heteroatoms. The van der Waals surface area contributed by atoms with Crippen LogP contribution in [0.25, 0.3) is 0 Å². The van der Waals surface area contributed by atoms with Gasteiger partial charge in [-0.25, -0.2) is 9.97 Å². The largest absolute Gasteiger partial charge is 0.396 e. The Hall–Kier alpha value is -3.07. The van der Waals surface area contributed by atoms with E-state index in [0.717, 1.165) is 86.6 Å². The third-order valence-corrected chi connectivity index (χ3v) is 13.4. The summed E-state index contributed by atoms with van der Waals surface area (Å²) in [4.78, 5) is 72.2. The summed E-state index contributed by atoms with van der Waals surface area (Å²) < 4.78 is 5.44. The standard InChI is InChI=1S/C42H68N8O7S4/c51-31-15-4-3-11-24-46-39(55)34-57-35-42(56)50(29-27-43-21-9-1-2-10-22-44-37(53)19-32-58-60-40-17-7-13-25-48-40)30-28-47-36(52)16-6-5-12-23-45-38(54)20-33-59-61-41-18-8-14-26-49-41/h7-8,13-14,17-18,25-26,43,51H,1-6,9-12,15-16,19-24,27-35H2,(H,44,53)(H,45,54)(H,46,55)(H,47,52). The van der Waals surface area contributed by atoms with E-state index >= 15 is 0 Å². The van der Waals surface area contributed by atoms with Gasteiger partial charge >= 0.3 is 0 Å². The lowest BCUT2D eigenvalue weighted by Gasteiger charge is -2.23. The molecule has 2 heterocycles. The maximum atomic E-state index is 13.1. The molecule has 0 radical (unpaired) electrons. The minimum absolute atomic E-state index is 0.0173. The monoisotopic (exact) mass is 924 g/mol. The summed E-state index contributed by atoms with van der Waals surface area (Å²) in [6, 6.07) is 11.5. The Morgan fingerprint density at radius 2 is 1.03 bits per heavy atom. The molecule has 0 aliphatic rings. The van der Waals surface area contributed by atoms with Crippen LogP contribution in [-0.2, 0) is 28.7 Å². The number of carbonyl (C=O) groups is 5. The number of aromatic nitrogens is 2. The second-order valence-corrected chi connectivity index (χ2v) is 18.9. The molecule has 0 aromatic carbocycles. The number of unbranched alkanes of at least 4 members (excludes halogenated alkanes) is 8. The minimum Gasteiger partial charge on any atom is -0.396 e. The van der Waals surface area contributed by atoms with Crippen LogP contribution in [0.15, 0.2) is 58.8 Å². The van der Waals surface area contributed by atoms with E-state index in [1.54, 1.807) is 60.5 Å². The zero-order chi connectivity index (χ0) is 43.9. The first-order valence-corrected chi connectivity index (χ1v) is 26.2. The highest BCUT2D eigenvalue weighted by atomic mass is 33.1. The van der Waals surface area contributed by atoms with Gasteiger partial charge in [-0.15, -0.1) is 0 Å². The van der Waals surface area contributed by atoms with Gasteiger partial charge in [0.2, 0.25) is 29.5 Å². The van der Waals surface area contributed by atoms with Crippen molar-refractivity contribution in [3.63, 3.8) is 0 Å². The van der Waals surface area contributed by atoms with E-state index < -0.39 is 0 Å². The van der Waals surface area contributed by atoms with Crippen LogP contribution in [0.4, 0.5) is 0 Å². The van der Waals surface area contributed by atoms with Crippen LogP contribution < -0.4 is 26.6 Å². The lowest BCUT2D eigenvalue weighted by Crippen LogP contribution is -2.43. The lowest BCUT2D eigenvalue weighted by atomic mass is 10.2. The van der Waals surface area contributed by atoms with Gasteiger partial charge in [0, 0.05) is 95.6 Å². The highest BCUT2D eigenvalue weighted by molar-refractivity contribution is 8.77. The highest BCUT2D eigenvalue weighted by Crippen LogP contribution is 2.30. The van der Waals surface area contributed by atoms with Crippen molar-refractivity contribution < 1.29 is 33.8 Å². The van der Waals surface area contributed by atoms with Crippen molar-refractivity contribution in [1.29, 1.82) is 0 Å². The number of aliphatic hydroxyl groups is 1. The van der Waals surface area contributed by atoms with Crippen molar-refractivity contribution in [2.75, 3.05) is 83.7 Å². The molecule has 0 aliphatic carbocycles. The molecule has 0 fully saturated rings. The SMILES string of the molecule is O=C(CCCCCNC(=O)CCSSc1ccccn1)NCCN(CCNCCCCCCNC(=O)CCSSc1ccccn1)C(=O)COCC(=O)NCCCCCCO. The number of pyridine rings is 2. The number of nitrogens with zero attached hydrogens (tertiary/aromatic N) is 3. The molecule has 2 aromatic rings. The minimum atomic E-state index is -0.281. The summed E-state index contributed by atoms with van der Waals surface area (Å²) >= 11 is 0. The molecule has 0 aliphatic heterocycles. The van der Waals surface area contributed by atoms with Crippen LogP contribution in [0.5, 0.6) is 0 Å². The molecule has 5 amide bonds. The van der Waals surface area contributed by atoms with Gasteiger partial charge in [-0.3, -0.25) is 24.0 Å². The Kier molecular flexibility index (Phi) is 34.2. The van der Waals surface area contributed by atoms with E-state index in [9.17, 15) is 24.0 Å². The fourth-order valence-electron chi connectivity index (χ4n) is 5.52. The third-order valence-electron chi connectivity index (χ3n) is 8.88. The number of aliphatic hydroxyl groups excluding tert-OH is 1. The average molecular weight is 925 g/mol. The van der Waals surface area contributed by atoms with E-state index in [-0.39, 0.29) is 49.4 Å². The molecule has 2 rings (SSSR count). The summed E-state index contributed by atoms with van der Waals surface area (Å²) in [5, 5.41) is 25.8. The molecule has 0 saturated heterocycles. The molecular weight excluding hydrogens is 857 g/mol. The van der Waals surface area contributed by atoms with Crippen molar-refractivity contribution in [2.24, 2.45) is 0 Å². The first-order chi connectivity index (χ1) is 29.9. The lowest BCUT2D eigenvalue weighted by molar-refractivity contribution is -0.138. The first-order valence-electron chi connectivity index (χ1n) is 21.5. The fourth-order valence-corrected chi connectivity index (χ4v) is 9.26. The van der Waals surface area contributed by atoms with E-state index in [2.05, 4.69) is 36.6 Å². The van der Waals surface area contributed by atoms with Gasteiger partial charge in [-0.1, -0.05) is 65.8 Å². The van der Waals surface area contributed by atoms with Crippen LogP contribution in [-0.4, -0.2) is 133 Å². The molecule has 0 atom stereocenters. The maximum absolute atomic E-state index is 13.1. The molecule has 0 saturated carbocycles. The van der Waals surface area contributed by atoms with Gasteiger partial charge < -0.3 is 41.3 Å². The fraction of sp³-hybridized carbons (Fsp3) is 0.643. The quantitative estimate of drug-likeness (QED) is 0.0386. The second-order valence-electron chi connectivity index (χ2n) is 14.0. The smallest absolute Gasteiger partial charge is 0.248 e. The molecule has 0 unspecified atom stereocenters. The number of nitrogens with one attached hydrogen (secondary N) is 5. The van der Waals surface area contributed by atoms with Crippen molar-refractivity contribution in [1.82, 2.24) is 41.5 Å². The Bertz CT molecular complexity index is 1460. The number of ether oxygens (including phenoxy) is 1. The number of hydrogen-bond donors (Lipinski definition) is 6. The second kappa shape index (κ2) is 38.6. The van der Waals surface area contributed by atoms with E-state index in [4.69, 9.17) is 9.84 Å². The molecule has 0 spiro atoms. The van der Waals surface area contributed by atoms with Crippen LogP contribution in [0.1, 0.15) is 89.9 Å². The summed E-state index contributed by atoms with van der Waals surface area (Å²) in [7, 11) is 6.36. The van der Waals surface area contributed by atoms with Crippen molar-refractivity contribution >= 4 is 72.7 Å².